The van der Waals surface area contributed by atoms with Crippen LogP contribution in [0.1, 0.15) is 36.3 Å². The van der Waals surface area contributed by atoms with E-state index < -0.39 is 0 Å². The van der Waals surface area contributed by atoms with E-state index in [4.69, 9.17) is 0 Å². The topological polar surface area (TPSA) is 24.9 Å². The Hall–Kier alpha value is -1.19. The number of aryl methyl sites for hydroxylation is 1. The molecule has 0 saturated carbocycles. The van der Waals surface area contributed by atoms with Crippen LogP contribution in [0.25, 0.3) is 0 Å². The highest BCUT2D eigenvalue weighted by molar-refractivity contribution is 7.08. The van der Waals surface area contributed by atoms with Crippen molar-refractivity contribution in [1.29, 1.82) is 0 Å². The molecule has 90 valence electrons. The number of nitrogens with zero attached hydrogens (tertiary/aromatic N) is 1. The number of rotatable bonds is 5. The molecule has 0 spiro atoms. The second kappa shape index (κ2) is 5.94. The minimum absolute atomic E-state index is 0.223. The van der Waals surface area contributed by atoms with Crippen LogP contribution in [0.2, 0.25) is 0 Å². The van der Waals surface area contributed by atoms with E-state index in [1.165, 1.54) is 5.56 Å². The summed E-state index contributed by atoms with van der Waals surface area (Å²) in [5, 5.41) is 7.87. The van der Waals surface area contributed by atoms with Crippen molar-refractivity contribution in [3.8, 4) is 0 Å². The van der Waals surface area contributed by atoms with Gasteiger partial charge in [0, 0.05) is 5.69 Å². The Bertz CT molecular complexity index is 451. The average molecular weight is 246 g/mol. The van der Waals surface area contributed by atoms with Crippen LogP contribution in [-0.4, -0.2) is 11.5 Å². The molecular formula is C14H18N2S. The fourth-order valence-corrected chi connectivity index (χ4v) is 2.53. The first-order chi connectivity index (χ1) is 8.31. The summed E-state index contributed by atoms with van der Waals surface area (Å²) in [5.74, 6) is 0. The maximum Gasteiger partial charge on any atom is 0.0759 e. The van der Waals surface area contributed by atoms with Crippen molar-refractivity contribution in [3.05, 3.63) is 52.0 Å². The molecule has 0 radical (unpaired) electrons. The number of pyridine rings is 1. The second-order valence-corrected chi connectivity index (χ2v) is 4.93. The lowest BCUT2D eigenvalue weighted by Gasteiger charge is -2.17. The van der Waals surface area contributed by atoms with Gasteiger partial charge in [-0.25, -0.2) is 0 Å². The highest BCUT2D eigenvalue weighted by atomic mass is 32.1. The zero-order valence-electron chi connectivity index (χ0n) is 10.3. The maximum atomic E-state index is 4.62. The van der Waals surface area contributed by atoms with Gasteiger partial charge in [0.15, 0.2) is 0 Å². The van der Waals surface area contributed by atoms with Gasteiger partial charge in [0.1, 0.15) is 0 Å². The van der Waals surface area contributed by atoms with Crippen molar-refractivity contribution in [3.63, 3.8) is 0 Å². The summed E-state index contributed by atoms with van der Waals surface area (Å²) >= 11 is 1.73. The predicted octanol–water partition coefficient (Wildman–Crippen LogP) is 3.54. The van der Waals surface area contributed by atoms with E-state index in [0.29, 0.717) is 0 Å². The SMILES string of the molecule is CCCNC(c1ccsc1)c1cccc(C)n1. The van der Waals surface area contributed by atoms with Gasteiger partial charge in [-0.3, -0.25) is 4.98 Å². The first-order valence-electron chi connectivity index (χ1n) is 6.00. The minimum atomic E-state index is 0.223. The lowest BCUT2D eigenvalue weighted by atomic mass is 10.1. The molecule has 2 aromatic heterocycles. The van der Waals surface area contributed by atoms with E-state index in [1.807, 2.05) is 13.0 Å². The van der Waals surface area contributed by atoms with Crippen molar-refractivity contribution >= 4 is 11.3 Å². The van der Waals surface area contributed by atoms with E-state index in [-0.39, 0.29) is 6.04 Å². The van der Waals surface area contributed by atoms with Crippen molar-refractivity contribution < 1.29 is 0 Å². The van der Waals surface area contributed by atoms with Gasteiger partial charge in [0.25, 0.3) is 0 Å². The van der Waals surface area contributed by atoms with Gasteiger partial charge in [-0.2, -0.15) is 11.3 Å². The monoisotopic (exact) mass is 246 g/mol. The van der Waals surface area contributed by atoms with Crippen LogP contribution >= 0.6 is 11.3 Å². The smallest absolute Gasteiger partial charge is 0.0759 e. The summed E-state index contributed by atoms with van der Waals surface area (Å²) < 4.78 is 0. The molecule has 0 fully saturated rings. The van der Waals surface area contributed by atoms with E-state index in [2.05, 4.69) is 46.2 Å². The molecule has 0 bridgehead atoms. The van der Waals surface area contributed by atoms with Gasteiger partial charge < -0.3 is 5.32 Å². The van der Waals surface area contributed by atoms with Gasteiger partial charge in [0.05, 0.1) is 11.7 Å². The molecule has 2 aromatic rings. The van der Waals surface area contributed by atoms with Crippen LogP contribution in [0.4, 0.5) is 0 Å². The van der Waals surface area contributed by atoms with Crippen LogP contribution in [0.3, 0.4) is 0 Å². The van der Waals surface area contributed by atoms with Crippen LogP contribution in [-0.2, 0) is 0 Å². The summed E-state index contributed by atoms with van der Waals surface area (Å²) in [4.78, 5) is 4.62. The normalized spacial score (nSPS) is 12.6. The quantitative estimate of drug-likeness (QED) is 0.873. The first-order valence-corrected chi connectivity index (χ1v) is 6.94. The van der Waals surface area contributed by atoms with Crippen LogP contribution in [0, 0.1) is 6.92 Å². The Morgan fingerprint density at radius 2 is 2.24 bits per heavy atom. The Kier molecular flexibility index (Phi) is 4.29. The van der Waals surface area contributed by atoms with Crippen molar-refractivity contribution in [2.75, 3.05) is 6.54 Å². The van der Waals surface area contributed by atoms with E-state index in [0.717, 1.165) is 24.4 Å². The molecule has 2 rings (SSSR count). The number of hydrogen-bond donors (Lipinski definition) is 1. The Balaban J connectivity index is 2.27. The summed E-state index contributed by atoms with van der Waals surface area (Å²) in [5.41, 5.74) is 3.49. The Morgan fingerprint density at radius 1 is 1.35 bits per heavy atom. The Labute approximate surface area is 107 Å². The third-order valence-electron chi connectivity index (χ3n) is 2.68. The molecule has 3 heteroatoms. The third kappa shape index (κ3) is 3.14. The summed E-state index contributed by atoms with van der Waals surface area (Å²) in [6, 6.07) is 8.60. The maximum absolute atomic E-state index is 4.62. The minimum Gasteiger partial charge on any atom is -0.305 e. The number of nitrogens with one attached hydrogen (secondary N) is 1. The Morgan fingerprint density at radius 3 is 2.88 bits per heavy atom. The first kappa shape index (κ1) is 12.3. The zero-order valence-corrected chi connectivity index (χ0v) is 11.1. The molecule has 0 aliphatic heterocycles. The lowest BCUT2D eigenvalue weighted by molar-refractivity contribution is 0.587. The van der Waals surface area contributed by atoms with Gasteiger partial charge in [0.2, 0.25) is 0 Å². The molecule has 0 aliphatic rings. The number of thiophene rings is 1. The third-order valence-corrected chi connectivity index (χ3v) is 3.38. The van der Waals surface area contributed by atoms with Gasteiger partial charge >= 0.3 is 0 Å². The van der Waals surface area contributed by atoms with E-state index >= 15 is 0 Å². The van der Waals surface area contributed by atoms with Crippen molar-refractivity contribution in [2.24, 2.45) is 0 Å². The highest BCUT2D eigenvalue weighted by Crippen LogP contribution is 2.22. The molecule has 0 amide bonds. The number of aromatic nitrogens is 1. The van der Waals surface area contributed by atoms with Gasteiger partial charge in [-0.05, 0) is 54.4 Å². The summed E-state index contributed by atoms with van der Waals surface area (Å²) in [6.45, 7) is 5.23. The molecule has 0 aromatic carbocycles. The van der Waals surface area contributed by atoms with Crippen molar-refractivity contribution in [2.45, 2.75) is 26.3 Å². The molecule has 2 heterocycles. The molecular weight excluding hydrogens is 228 g/mol. The van der Waals surface area contributed by atoms with Gasteiger partial charge in [-0.15, -0.1) is 0 Å². The molecule has 0 saturated heterocycles. The predicted molar refractivity (Wildman–Crippen MR) is 73.4 cm³/mol. The fraction of sp³-hybridized carbons (Fsp3) is 0.357. The van der Waals surface area contributed by atoms with Crippen LogP contribution < -0.4 is 5.32 Å². The van der Waals surface area contributed by atoms with Crippen LogP contribution in [0.5, 0.6) is 0 Å². The molecule has 1 N–H and O–H groups in total. The number of hydrogen-bond acceptors (Lipinski definition) is 3. The van der Waals surface area contributed by atoms with Crippen molar-refractivity contribution in [1.82, 2.24) is 10.3 Å². The summed E-state index contributed by atoms with van der Waals surface area (Å²) in [7, 11) is 0. The fourth-order valence-electron chi connectivity index (χ4n) is 1.85. The average Bonchev–Trinajstić information content (AvgIpc) is 2.83. The van der Waals surface area contributed by atoms with E-state index in [9.17, 15) is 0 Å². The highest BCUT2D eigenvalue weighted by Gasteiger charge is 2.14. The zero-order chi connectivity index (χ0) is 12.1. The lowest BCUT2D eigenvalue weighted by Crippen LogP contribution is -2.23. The van der Waals surface area contributed by atoms with E-state index in [1.54, 1.807) is 11.3 Å². The van der Waals surface area contributed by atoms with Gasteiger partial charge in [-0.1, -0.05) is 13.0 Å². The standard InChI is InChI=1S/C14H18N2S/c1-3-8-15-14(12-7-9-17-10-12)13-6-4-5-11(2)16-13/h4-7,9-10,14-15H,3,8H2,1-2H3. The largest absolute Gasteiger partial charge is 0.305 e. The molecule has 0 aliphatic carbocycles. The second-order valence-electron chi connectivity index (χ2n) is 4.15. The summed E-state index contributed by atoms with van der Waals surface area (Å²) in [6.07, 6.45) is 1.13. The van der Waals surface area contributed by atoms with Crippen LogP contribution in [0.15, 0.2) is 35.0 Å². The molecule has 1 unspecified atom stereocenters. The molecule has 17 heavy (non-hydrogen) atoms. The molecule has 2 nitrogen and oxygen atoms in total. The molecule has 1 atom stereocenters.